The van der Waals surface area contributed by atoms with Gasteiger partial charge in [-0.1, -0.05) is 35.9 Å². The minimum absolute atomic E-state index is 0.226. The fourth-order valence-electron chi connectivity index (χ4n) is 3.46. The lowest BCUT2D eigenvalue weighted by Gasteiger charge is -2.31. The second-order valence-corrected chi connectivity index (χ2v) is 9.47. The molecule has 2 aromatic carbocycles. The molecule has 5 nitrogen and oxygen atoms in total. The van der Waals surface area contributed by atoms with Gasteiger partial charge in [-0.2, -0.15) is 0 Å². The summed E-state index contributed by atoms with van der Waals surface area (Å²) in [6.45, 7) is 11.3. The van der Waals surface area contributed by atoms with Crippen molar-refractivity contribution in [2.75, 3.05) is 10.6 Å². The summed E-state index contributed by atoms with van der Waals surface area (Å²) in [5.74, 6) is -0.334. The van der Waals surface area contributed by atoms with E-state index in [0.717, 1.165) is 34.1 Å². The van der Waals surface area contributed by atoms with E-state index in [1.807, 2.05) is 58.9 Å². The van der Waals surface area contributed by atoms with Gasteiger partial charge < -0.3 is 5.32 Å². The molecule has 28 heavy (non-hydrogen) atoms. The van der Waals surface area contributed by atoms with Crippen LogP contribution in [0.5, 0.6) is 0 Å². The fraction of sp³-hybridized carbons (Fsp3) is 0.409. The molecular weight excluding hydrogens is 372 g/mol. The van der Waals surface area contributed by atoms with Crippen molar-refractivity contribution in [3.63, 3.8) is 0 Å². The Hall–Kier alpha value is -2.34. The molecule has 1 amide bonds. The molecule has 0 aromatic heterocycles. The van der Waals surface area contributed by atoms with Crippen molar-refractivity contribution in [2.45, 2.75) is 53.6 Å². The van der Waals surface area contributed by atoms with Gasteiger partial charge in [0, 0.05) is 0 Å². The second-order valence-electron chi connectivity index (χ2n) is 7.62. The average molecular weight is 403 g/mol. The Bertz CT molecular complexity index is 983. The first-order valence-electron chi connectivity index (χ1n) is 9.36. The molecule has 0 aliphatic heterocycles. The molecule has 0 radical (unpaired) electrons. The van der Waals surface area contributed by atoms with Gasteiger partial charge in [0.05, 0.1) is 18.0 Å². The quantitative estimate of drug-likeness (QED) is 0.795. The molecule has 2 rings (SSSR count). The maximum atomic E-state index is 12.9. The monoisotopic (exact) mass is 402 g/mol. The zero-order chi connectivity index (χ0) is 21.2. The summed E-state index contributed by atoms with van der Waals surface area (Å²) < 4.78 is 26.3. The maximum absolute atomic E-state index is 12.9. The van der Waals surface area contributed by atoms with Crippen molar-refractivity contribution < 1.29 is 13.2 Å². The SMILES string of the molecule is Cc1ccc([C@@H](C)NC(=O)[C@H](C)N(c2cc(C)ccc2C)S(C)(=O)=O)c(C)c1. The van der Waals surface area contributed by atoms with Crippen LogP contribution in [0.4, 0.5) is 5.69 Å². The van der Waals surface area contributed by atoms with Crippen LogP contribution in [0.2, 0.25) is 0 Å². The molecule has 0 aliphatic carbocycles. The molecule has 152 valence electrons. The third-order valence-corrected chi connectivity index (χ3v) is 6.17. The second kappa shape index (κ2) is 8.35. The van der Waals surface area contributed by atoms with Crippen molar-refractivity contribution in [2.24, 2.45) is 0 Å². The van der Waals surface area contributed by atoms with Crippen LogP contribution in [-0.4, -0.2) is 26.6 Å². The van der Waals surface area contributed by atoms with E-state index in [4.69, 9.17) is 0 Å². The van der Waals surface area contributed by atoms with Gasteiger partial charge in [-0.25, -0.2) is 8.42 Å². The number of benzene rings is 2. The Kier molecular flexibility index (Phi) is 6.55. The number of carbonyl (C=O) groups excluding carboxylic acids is 1. The molecule has 1 N–H and O–H groups in total. The first kappa shape index (κ1) is 22.0. The molecule has 0 saturated heterocycles. The minimum Gasteiger partial charge on any atom is -0.348 e. The summed E-state index contributed by atoms with van der Waals surface area (Å²) in [4.78, 5) is 12.9. The number of rotatable bonds is 6. The summed E-state index contributed by atoms with van der Waals surface area (Å²) in [6.07, 6.45) is 1.13. The Labute approximate surface area is 168 Å². The number of anilines is 1. The minimum atomic E-state index is -3.64. The van der Waals surface area contributed by atoms with E-state index in [-0.39, 0.29) is 11.9 Å². The van der Waals surface area contributed by atoms with Crippen LogP contribution in [0.3, 0.4) is 0 Å². The normalized spacial score (nSPS) is 13.7. The number of sulfonamides is 1. The Morgan fingerprint density at radius 3 is 2.07 bits per heavy atom. The molecule has 0 aliphatic rings. The van der Waals surface area contributed by atoms with Gasteiger partial charge in [-0.05, 0) is 69.9 Å². The number of amides is 1. The van der Waals surface area contributed by atoms with Crippen LogP contribution < -0.4 is 9.62 Å². The highest BCUT2D eigenvalue weighted by atomic mass is 32.2. The molecule has 2 aromatic rings. The first-order chi connectivity index (χ1) is 12.9. The Morgan fingerprint density at radius 1 is 0.929 bits per heavy atom. The van der Waals surface area contributed by atoms with Gasteiger partial charge in [0.2, 0.25) is 15.9 Å². The first-order valence-corrected chi connectivity index (χ1v) is 11.2. The van der Waals surface area contributed by atoms with Crippen LogP contribution in [0.1, 0.15) is 47.7 Å². The molecule has 0 spiro atoms. The zero-order valence-electron chi connectivity index (χ0n) is 17.7. The number of nitrogens with zero attached hydrogens (tertiary/aromatic N) is 1. The fourth-order valence-corrected chi connectivity index (χ4v) is 4.69. The summed E-state index contributed by atoms with van der Waals surface area (Å²) in [7, 11) is -3.64. The van der Waals surface area contributed by atoms with Crippen molar-refractivity contribution in [1.29, 1.82) is 0 Å². The van der Waals surface area contributed by atoms with Gasteiger partial charge in [-0.15, -0.1) is 0 Å². The number of hydrogen-bond donors (Lipinski definition) is 1. The topological polar surface area (TPSA) is 66.5 Å². The van der Waals surface area contributed by atoms with Gasteiger partial charge in [0.25, 0.3) is 0 Å². The highest BCUT2D eigenvalue weighted by Gasteiger charge is 2.31. The third-order valence-electron chi connectivity index (χ3n) is 4.94. The lowest BCUT2D eigenvalue weighted by Crippen LogP contribution is -2.48. The molecule has 0 bridgehead atoms. The number of carbonyl (C=O) groups is 1. The standard InChI is InChI=1S/C22H30N2O3S/c1-14-9-11-20(17(4)12-14)18(5)23-22(25)19(6)24(28(7,26)27)21-13-15(2)8-10-16(21)3/h8-13,18-19H,1-7H3,(H,23,25)/t18-,19+/m1/s1. The summed E-state index contributed by atoms with van der Waals surface area (Å²) in [5, 5.41) is 2.97. The Balaban J connectivity index is 2.33. The van der Waals surface area contributed by atoms with E-state index in [1.165, 1.54) is 4.31 Å². The smallest absolute Gasteiger partial charge is 0.244 e. The summed E-state index contributed by atoms with van der Waals surface area (Å²) in [5.41, 5.74) is 5.54. The van der Waals surface area contributed by atoms with Crippen LogP contribution in [0, 0.1) is 27.7 Å². The van der Waals surface area contributed by atoms with Crippen LogP contribution in [-0.2, 0) is 14.8 Å². The predicted octanol–water partition coefficient (Wildman–Crippen LogP) is 3.95. The third kappa shape index (κ3) is 4.93. The van der Waals surface area contributed by atoms with E-state index in [0.29, 0.717) is 5.69 Å². The lowest BCUT2D eigenvalue weighted by atomic mass is 10.00. The van der Waals surface area contributed by atoms with Crippen molar-refractivity contribution >= 4 is 21.6 Å². The molecule has 2 atom stereocenters. The molecule has 0 saturated carbocycles. The molecule has 6 heteroatoms. The van der Waals surface area contributed by atoms with Crippen molar-refractivity contribution in [1.82, 2.24) is 5.32 Å². The predicted molar refractivity (Wildman–Crippen MR) is 115 cm³/mol. The number of hydrogen-bond acceptors (Lipinski definition) is 3. The van der Waals surface area contributed by atoms with Gasteiger partial charge in [-0.3, -0.25) is 9.10 Å². The highest BCUT2D eigenvalue weighted by molar-refractivity contribution is 7.92. The maximum Gasteiger partial charge on any atom is 0.244 e. The van der Waals surface area contributed by atoms with E-state index >= 15 is 0 Å². The van der Waals surface area contributed by atoms with Gasteiger partial charge >= 0.3 is 0 Å². The molecular formula is C22H30N2O3S. The van der Waals surface area contributed by atoms with Crippen LogP contribution >= 0.6 is 0 Å². The number of aryl methyl sites for hydroxylation is 4. The molecule has 0 fully saturated rings. The van der Waals surface area contributed by atoms with Crippen molar-refractivity contribution in [3.8, 4) is 0 Å². The van der Waals surface area contributed by atoms with E-state index in [2.05, 4.69) is 11.4 Å². The lowest BCUT2D eigenvalue weighted by molar-refractivity contribution is -0.122. The zero-order valence-corrected chi connectivity index (χ0v) is 18.5. The van der Waals surface area contributed by atoms with E-state index in [9.17, 15) is 13.2 Å². The van der Waals surface area contributed by atoms with Gasteiger partial charge in [0.15, 0.2) is 0 Å². The summed E-state index contributed by atoms with van der Waals surface area (Å²) in [6, 6.07) is 10.6. The van der Waals surface area contributed by atoms with Crippen molar-refractivity contribution in [3.05, 3.63) is 64.2 Å². The largest absolute Gasteiger partial charge is 0.348 e. The molecule has 0 unspecified atom stereocenters. The Morgan fingerprint density at radius 2 is 1.50 bits per heavy atom. The molecule has 0 heterocycles. The highest BCUT2D eigenvalue weighted by Crippen LogP contribution is 2.27. The van der Waals surface area contributed by atoms with E-state index < -0.39 is 16.1 Å². The number of nitrogens with one attached hydrogen (secondary N) is 1. The van der Waals surface area contributed by atoms with Crippen LogP contribution in [0.25, 0.3) is 0 Å². The summed E-state index contributed by atoms with van der Waals surface area (Å²) >= 11 is 0. The van der Waals surface area contributed by atoms with E-state index in [1.54, 1.807) is 13.0 Å². The average Bonchev–Trinajstić information content (AvgIpc) is 2.56. The van der Waals surface area contributed by atoms with Gasteiger partial charge in [0.1, 0.15) is 6.04 Å². The van der Waals surface area contributed by atoms with Crippen LogP contribution in [0.15, 0.2) is 36.4 Å².